The van der Waals surface area contributed by atoms with E-state index in [9.17, 15) is 9.59 Å². The maximum absolute atomic E-state index is 13.5. The van der Waals surface area contributed by atoms with Gasteiger partial charge in [0.1, 0.15) is 0 Å². The molecular formula is C22H22IN3O3S. The van der Waals surface area contributed by atoms with E-state index in [0.717, 1.165) is 14.8 Å². The van der Waals surface area contributed by atoms with Crippen molar-refractivity contribution in [2.24, 2.45) is 0 Å². The number of para-hydroxylation sites is 1. The van der Waals surface area contributed by atoms with E-state index < -0.39 is 0 Å². The molecule has 0 bridgehead atoms. The first-order valence-electron chi connectivity index (χ1n) is 9.77. The van der Waals surface area contributed by atoms with Crippen molar-refractivity contribution >= 4 is 51.2 Å². The van der Waals surface area contributed by atoms with Crippen LogP contribution >= 0.6 is 34.4 Å². The normalized spacial score (nSPS) is 15.4. The molecule has 0 radical (unpaired) electrons. The Bertz CT molecular complexity index is 1160. The Morgan fingerprint density at radius 3 is 2.67 bits per heavy atom. The molecule has 3 aromatic rings. The molecule has 0 spiro atoms. The van der Waals surface area contributed by atoms with Crippen LogP contribution in [0.15, 0.2) is 52.4 Å². The Balaban J connectivity index is 1.80. The number of hydrogen-bond acceptors (Lipinski definition) is 5. The number of thioether (sulfide) groups is 1. The van der Waals surface area contributed by atoms with Crippen LogP contribution in [0.3, 0.4) is 0 Å². The molecule has 1 atom stereocenters. The Hall–Kier alpha value is -1.91. The van der Waals surface area contributed by atoms with Crippen LogP contribution in [0.5, 0.6) is 0 Å². The van der Waals surface area contributed by atoms with Gasteiger partial charge in [-0.25, -0.2) is 4.98 Å². The van der Waals surface area contributed by atoms with Crippen molar-refractivity contribution in [1.82, 2.24) is 14.5 Å². The van der Waals surface area contributed by atoms with Gasteiger partial charge in [-0.1, -0.05) is 30.0 Å². The summed E-state index contributed by atoms with van der Waals surface area (Å²) in [6.45, 7) is 6.15. The van der Waals surface area contributed by atoms with E-state index >= 15 is 0 Å². The van der Waals surface area contributed by atoms with Gasteiger partial charge < -0.3 is 9.64 Å². The molecule has 1 aliphatic heterocycles. The lowest BCUT2D eigenvalue weighted by molar-refractivity contribution is -0.134. The Morgan fingerprint density at radius 2 is 1.93 bits per heavy atom. The molecular weight excluding hydrogens is 513 g/mol. The molecule has 1 aliphatic rings. The third kappa shape index (κ3) is 4.26. The number of benzene rings is 2. The van der Waals surface area contributed by atoms with Crippen molar-refractivity contribution < 1.29 is 9.53 Å². The molecule has 1 aromatic heterocycles. The summed E-state index contributed by atoms with van der Waals surface area (Å²) >= 11 is 3.52. The molecule has 156 valence electrons. The van der Waals surface area contributed by atoms with Crippen LogP contribution in [0.25, 0.3) is 16.6 Å². The third-order valence-electron chi connectivity index (χ3n) is 5.11. The largest absolute Gasteiger partial charge is 0.378 e. The maximum atomic E-state index is 13.5. The molecule has 30 heavy (non-hydrogen) atoms. The van der Waals surface area contributed by atoms with E-state index in [1.54, 1.807) is 4.57 Å². The van der Waals surface area contributed by atoms with E-state index in [1.165, 1.54) is 11.8 Å². The van der Waals surface area contributed by atoms with Gasteiger partial charge in [-0.05, 0) is 66.3 Å². The molecule has 6 nitrogen and oxygen atoms in total. The standard InChI is InChI=1S/C22H22IN3O3S/c1-14-5-3-4-6-19(14)26-21(28)17-13-16(23)7-8-18(17)24-22(26)30-15(2)20(27)25-9-11-29-12-10-25/h3-8,13,15H,9-12H2,1-2H3/t15-/m1/s1. The monoisotopic (exact) mass is 535 g/mol. The lowest BCUT2D eigenvalue weighted by Crippen LogP contribution is -2.44. The molecule has 0 N–H and O–H groups in total. The summed E-state index contributed by atoms with van der Waals surface area (Å²) < 4.78 is 7.97. The minimum atomic E-state index is -0.369. The molecule has 1 fully saturated rings. The lowest BCUT2D eigenvalue weighted by Gasteiger charge is -2.29. The second-order valence-corrected chi connectivity index (χ2v) is 9.73. The van der Waals surface area contributed by atoms with Crippen LogP contribution in [-0.4, -0.2) is 51.9 Å². The molecule has 1 saturated heterocycles. The fourth-order valence-electron chi connectivity index (χ4n) is 3.49. The summed E-state index contributed by atoms with van der Waals surface area (Å²) in [4.78, 5) is 33.1. The van der Waals surface area contributed by atoms with E-state index in [1.807, 2.05) is 61.2 Å². The molecule has 4 rings (SSSR count). The number of ether oxygens (including phenoxy) is 1. The van der Waals surface area contributed by atoms with Crippen molar-refractivity contribution in [2.75, 3.05) is 26.3 Å². The topological polar surface area (TPSA) is 64.4 Å². The van der Waals surface area contributed by atoms with Gasteiger partial charge >= 0.3 is 0 Å². The number of fused-ring (bicyclic) bond motifs is 1. The highest BCUT2D eigenvalue weighted by Crippen LogP contribution is 2.27. The predicted molar refractivity (Wildman–Crippen MR) is 128 cm³/mol. The zero-order chi connectivity index (χ0) is 21.3. The molecule has 1 amide bonds. The number of nitrogens with zero attached hydrogens (tertiary/aromatic N) is 3. The molecule has 0 aliphatic carbocycles. The predicted octanol–water partition coefficient (Wildman–Crippen LogP) is 3.64. The first-order valence-corrected chi connectivity index (χ1v) is 11.7. The Labute approximate surface area is 192 Å². The highest BCUT2D eigenvalue weighted by molar-refractivity contribution is 14.1. The summed E-state index contributed by atoms with van der Waals surface area (Å²) in [6.07, 6.45) is 0. The van der Waals surface area contributed by atoms with Gasteiger partial charge in [-0.2, -0.15) is 0 Å². The van der Waals surface area contributed by atoms with E-state index in [0.29, 0.717) is 42.4 Å². The second kappa shape index (κ2) is 9.07. The van der Waals surface area contributed by atoms with E-state index in [4.69, 9.17) is 9.72 Å². The van der Waals surface area contributed by atoms with Crippen LogP contribution in [0, 0.1) is 10.5 Å². The molecule has 2 heterocycles. The number of morpholine rings is 1. The number of carbonyl (C=O) groups is 1. The first kappa shape index (κ1) is 21.3. The smallest absolute Gasteiger partial charge is 0.266 e. The number of halogens is 1. The fraction of sp³-hybridized carbons (Fsp3) is 0.318. The summed E-state index contributed by atoms with van der Waals surface area (Å²) in [5.41, 5.74) is 2.27. The number of aryl methyl sites for hydroxylation is 1. The summed E-state index contributed by atoms with van der Waals surface area (Å²) in [7, 11) is 0. The lowest BCUT2D eigenvalue weighted by atomic mass is 10.2. The third-order valence-corrected chi connectivity index (χ3v) is 6.82. The highest BCUT2D eigenvalue weighted by atomic mass is 127. The van der Waals surface area contributed by atoms with Gasteiger partial charge in [0.25, 0.3) is 5.56 Å². The second-order valence-electron chi connectivity index (χ2n) is 7.18. The SMILES string of the molecule is Cc1ccccc1-n1c(S[C@H](C)C(=O)N2CCOCC2)nc2ccc(I)cc2c1=O. The fourth-order valence-corrected chi connectivity index (χ4v) is 4.99. The van der Waals surface area contributed by atoms with Gasteiger partial charge in [-0.3, -0.25) is 14.2 Å². The van der Waals surface area contributed by atoms with Gasteiger partial charge in [0, 0.05) is 16.7 Å². The number of aromatic nitrogens is 2. The number of rotatable bonds is 4. The summed E-state index contributed by atoms with van der Waals surface area (Å²) in [5.74, 6) is 0.0385. The van der Waals surface area contributed by atoms with Gasteiger partial charge in [0.15, 0.2) is 5.16 Å². The Kier molecular flexibility index (Phi) is 6.45. The van der Waals surface area contributed by atoms with Crippen LogP contribution < -0.4 is 5.56 Å². The Morgan fingerprint density at radius 1 is 1.20 bits per heavy atom. The van der Waals surface area contributed by atoms with Gasteiger partial charge in [-0.15, -0.1) is 0 Å². The molecule has 8 heteroatoms. The zero-order valence-corrected chi connectivity index (χ0v) is 19.8. The molecule has 0 saturated carbocycles. The van der Waals surface area contributed by atoms with Crippen LogP contribution in [0.1, 0.15) is 12.5 Å². The maximum Gasteiger partial charge on any atom is 0.266 e. The number of carbonyl (C=O) groups excluding carboxylic acids is 1. The highest BCUT2D eigenvalue weighted by Gasteiger charge is 2.26. The van der Waals surface area contributed by atoms with Gasteiger partial charge in [0.05, 0.1) is 35.1 Å². The zero-order valence-electron chi connectivity index (χ0n) is 16.8. The quantitative estimate of drug-likeness (QED) is 0.290. The summed E-state index contributed by atoms with van der Waals surface area (Å²) in [6, 6.07) is 13.4. The van der Waals surface area contributed by atoms with E-state index in [-0.39, 0.29) is 16.7 Å². The van der Waals surface area contributed by atoms with Crippen molar-refractivity contribution in [1.29, 1.82) is 0 Å². The van der Waals surface area contributed by atoms with E-state index in [2.05, 4.69) is 22.6 Å². The molecule has 2 aromatic carbocycles. The minimum absolute atomic E-state index is 0.0385. The summed E-state index contributed by atoms with van der Waals surface area (Å²) in [5, 5.41) is 0.727. The van der Waals surface area contributed by atoms with Crippen molar-refractivity contribution in [3.63, 3.8) is 0 Å². The average Bonchev–Trinajstić information content (AvgIpc) is 2.75. The van der Waals surface area contributed by atoms with Crippen molar-refractivity contribution in [2.45, 2.75) is 24.3 Å². The first-order chi connectivity index (χ1) is 14.5. The van der Waals surface area contributed by atoms with Crippen molar-refractivity contribution in [3.05, 3.63) is 62.0 Å². The van der Waals surface area contributed by atoms with Gasteiger partial charge in [0.2, 0.25) is 5.91 Å². The van der Waals surface area contributed by atoms with Crippen LogP contribution in [-0.2, 0) is 9.53 Å². The number of amides is 1. The average molecular weight is 535 g/mol. The van der Waals surface area contributed by atoms with Crippen LogP contribution in [0.2, 0.25) is 0 Å². The minimum Gasteiger partial charge on any atom is -0.378 e. The number of hydrogen-bond donors (Lipinski definition) is 0. The van der Waals surface area contributed by atoms with Crippen LogP contribution in [0.4, 0.5) is 0 Å². The molecule has 0 unspecified atom stereocenters. The van der Waals surface area contributed by atoms with Crippen molar-refractivity contribution in [3.8, 4) is 5.69 Å².